The fourth-order valence-corrected chi connectivity index (χ4v) is 1.78. The molecule has 0 amide bonds. The van der Waals surface area contributed by atoms with Gasteiger partial charge in [-0.15, -0.1) is 0 Å². The Labute approximate surface area is 80.6 Å². The minimum Gasteiger partial charge on any atom is -0.385 e. The zero-order valence-electron chi connectivity index (χ0n) is 8.66. The van der Waals surface area contributed by atoms with E-state index >= 15 is 0 Å². The maximum atomic E-state index is 5.82. The van der Waals surface area contributed by atoms with Gasteiger partial charge in [-0.05, 0) is 32.6 Å². The largest absolute Gasteiger partial charge is 0.385 e. The highest BCUT2D eigenvalue weighted by molar-refractivity contribution is 4.78. The van der Waals surface area contributed by atoms with Gasteiger partial charge in [-0.3, -0.25) is 0 Å². The average molecular weight is 187 g/mol. The van der Waals surface area contributed by atoms with E-state index in [1.807, 2.05) is 0 Å². The summed E-state index contributed by atoms with van der Waals surface area (Å²) in [7, 11) is 1.72. The minimum atomic E-state index is 0.301. The van der Waals surface area contributed by atoms with Crippen LogP contribution in [0.3, 0.4) is 0 Å². The summed E-state index contributed by atoms with van der Waals surface area (Å²) in [6, 6.07) is 0.361. The van der Waals surface area contributed by atoms with Crippen molar-refractivity contribution in [2.24, 2.45) is 5.73 Å². The van der Waals surface area contributed by atoms with Crippen LogP contribution in [0.15, 0.2) is 0 Å². The zero-order valence-corrected chi connectivity index (χ0v) is 8.66. The summed E-state index contributed by atoms with van der Waals surface area (Å²) in [6.07, 6.45) is 4.93. The molecule has 0 spiro atoms. The highest BCUT2D eigenvalue weighted by atomic mass is 16.5. The number of rotatable bonds is 5. The molecular formula is C10H21NO2. The molecule has 0 heterocycles. The van der Waals surface area contributed by atoms with Crippen LogP contribution in [0.4, 0.5) is 0 Å². The lowest BCUT2D eigenvalue weighted by Gasteiger charge is -2.18. The average Bonchev–Trinajstić information content (AvgIpc) is 2.48. The molecule has 78 valence electrons. The molecule has 1 saturated carbocycles. The van der Waals surface area contributed by atoms with Crippen molar-refractivity contribution in [2.75, 3.05) is 13.7 Å². The maximum absolute atomic E-state index is 5.82. The van der Waals surface area contributed by atoms with Crippen LogP contribution in [0.2, 0.25) is 0 Å². The molecule has 3 unspecified atom stereocenters. The summed E-state index contributed by atoms with van der Waals surface area (Å²) in [5.41, 5.74) is 5.80. The Kier molecular flexibility index (Phi) is 4.70. The van der Waals surface area contributed by atoms with Crippen LogP contribution < -0.4 is 5.73 Å². The lowest BCUT2D eigenvalue weighted by atomic mass is 10.2. The summed E-state index contributed by atoms with van der Waals surface area (Å²) in [5, 5.41) is 0. The van der Waals surface area contributed by atoms with Crippen molar-refractivity contribution in [1.29, 1.82) is 0 Å². The number of nitrogens with two attached hydrogens (primary N) is 1. The second-order valence-corrected chi connectivity index (χ2v) is 3.92. The monoisotopic (exact) mass is 187 g/mol. The quantitative estimate of drug-likeness (QED) is 0.705. The van der Waals surface area contributed by atoms with Gasteiger partial charge in [0.25, 0.3) is 0 Å². The van der Waals surface area contributed by atoms with Crippen molar-refractivity contribution in [2.45, 2.75) is 50.9 Å². The Morgan fingerprint density at radius 3 is 2.77 bits per heavy atom. The Morgan fingerprint density at radius 1 is 1.46 bits per heavy atom. The van der Waals surface area contributed by atoms with Gasteiger partial charge in [-0.1, -0.05) is 0 Å². The van der Waals surface area contributed by atoms with Gasteiger partial charge in [0, 0.05) is 19.8 Å². The first-order chi connectivity index (χ1) is 6.22. The first kappa shape index (κ1) is 11.0. The Balaban J connectivity index is 2.09. The first-order valence-corrected chi connectivity index (χ1v) is 5.12. The Bertz CT molecular complexity index is 141. The van der Waals surface area contributed by atoms with Crippen LogP contribution in [0.25, 0.3) is 0 Å². The van der Waals surface area contributed by atoms with E-state index in [4.69, 9.17) is 15.2 Å². The summed E-state index contributed by atoms with van der Waals surface area (Å²) in [6.45, 7) is 2.88. The zero-order chi connectivity index (χ0) is 9.68. The molecule has 1 aliphatic carbocycles. The van der Waals surface area contributed by atoms with Gasteiger partial charge in [0.2, 0.25) is 0 Å². The van der Waals surface area contributed by atoms with E-state index in [2.05, 4.69) is 6.92 Å². The van der Waals surface area contributed by atoms with Crippen LogP contribution in [0.5, 0.6) is 0 Å². The Hall–Kier alpha value is -0.120. The molecule has 1 rings (SSSR count). The molecule has 1 aliphatic rings. The fraction of sp³-hybridized carbons (Fsp3) is 1.00. The third-order valence-corrected chi connectivity index (χ3v) is 2.58. The molecule has 3 atom stereocenters. The normalized spacial score (nSPS) is 30.7. The third kappa shape index (κ3) is 4.07. The second-order valence-electron chi connectivity index (χ2n) is 3.92. The van der Waals surface area contributed by atoms with E-state index in [0.717, 1.165) is 32.3 Å². The summed E-state index contributed by atoms with van der Waals surface area (Å²) in [5.74, 6) is 0. The fourth-order valence-electron chi connectivity index (χ4n) is 1.78. The van der Waals surface area contributed by atoms with Crippen LogP contribution in [0.1, 0.15) is 32.6 Å². The van der Waals surface area contributed by atoms with Gasteiger partial charge in [-0.25, -0.2) is 0 Å². The van der Waals surface area contributed by atoms with Gasteiger partial charge in [-0.2, -0.15) is 0 Å². The standard InChI is InChI=1S/C10H21NO2/c1-8(5-6-12-2)13-10-4-3-9(11)7-10/h8-10H,3-7,11H2,1-2H3. The summed E-state index contributed by atoms with van der Waals surface area (Å²) >= 11 is 0. The highest BCUT2D eigenvalue weighted by Gasteiger charge is 2.23. The molecule has 2 N–H and O–H groups in total. The number of ether oxygens (including phenoxy) is 2. The number of hydrogen-bond donors (Lipinski definition) is 1. The van der Waals surface area contributed by atoms with E-state index in [1.165, 1.54) is 0 Å². The SMILES string of the molecule is COCCC(C)OC1CCC(N)C1. The topological polar surface area (TPSA) is 44.5 Å². The predicted octanol–water partition coefficient (Wildman–Crippen LogP) is 1.31. The van der Waals surface area contributed by atoms with Crippen LogP contribution in [-0.4, -0.2) is 32.0 Å². The predicted molar refractivity (Wildman–Crippen MR) is 52.7 cm³/mol. The molecule has 0 saturated heterocycles. The second kappa shape index (κ2) is 5.58. The molecule has 0 aromatic rings. The summed E-state index contributed by atoms with van der Waals surface area (Å²) in [4.78, 5) is 0. The van der Waals surface area contributed by atoms with Crippen molar-refractivity contribution in [3.63, 3.8) is 0 Å². The molecule has 0 aromatic carbocycles. The van der Waals surface area contributed by atoms with Crippen molar-refractivity contribution >= 4 is 0 Å². The van der Waals surface area contributed by atoms with Gasteiger partial charge >= 0.3 is 0 Å². The number of hydrogen-bond acceptors (Lipinski definition) is 3. The van der Waals surface area contributed by atoms with Crippen molar-refractivity contribution in [3.8, 4) is 0 Å². The van der Waals surface area contributed by atoms with Gasteiger partial charge < -0.3 is 15.2 Å². The van der Waals surface area contributed by atoms with E-state index in [9.17, 15) is 0 Å². The lowest BCUT2D eigenvalue weighted by molar-refractivity contribution is -0.0129. The van der Waals surface area contributed by atoms with Gasteiger partial charge in [0.15, 0.2) is 0 Å². The summed E-state index contributed by atoms with van der Waals surface area (Å²) < 4.78 is 10.8. The molecule has 1 fully saturated rings. The van der Waals surface area contributed by atoms with E-state index in [1.54, 1.807) is 7.11 Å². The Morgan fingerprint density at radius 2 is 2.23 bits per heavy atom. The maximum Gasteiger partial charge on any atom is 0.0594 e. The van der Waals surface area contributed by atoms with E-state index in [0.29, 0.717) is 18.2 Å². The minimum absolute atomic E-state index is 0.301. The van der Waals surface area contributed by atoms with Crippen molar-refractivity contribution in [3.05, 3.63) is 0 Å². The highest BCUT2D eigenvalue weighted by Crippen LogP contribution is 2.22. The number of methoxy groups -OCH3 is 1. The van der Waals surface area contributed by atoms with Crippen molar-refractivity contribution in [1.82, 2.24) is 0 Å². The van der Waals surface area contributed by atoms with Gasteiger partial charge in [0.1, 0.15) is 0 Å². The third-order valence-electron chi connectivity index (χ3n) is 2.58. The molecule has 3 nitrogen and oxygen atoms in total. The lowest BCUT2D eigenvalue weighted by Crippen LogP contribution is -2.21. The molecule has 13 heavy (non-hydrogen) atoms. The van der Waals surface area contributed by atoms with Crippen LogP contribution >= 0.6 is 0 Å². The van der Waals surface area contributed by atoms with E-state index in [-0.39, 0.29) is 0 Å². The van der Waals surface area contributed by atoms with E-state index < -0.39 is 0 Å². The van der Waals surface area contributed by atoms with Crippen molar-refractivity contribution < 1.29 is 9.47 Å². The van der Waals surface area contributed by atoms with Crippen LogP contribution in [-0.2, 0) is 9.47 Å². The molecule has 0 aromatic heterocycles. The molecular weight excluding hydrogens is 166 g/mol. The molecule has 3 heteroatoms. The first-order valence-electron chi connectivity index (χ1n) is 5.12. The smallest absolute Gasteiger partial charge is 0.0594 e. The molecule has 0 radical (unpaired) electrons. The van der Waals surface area contributed by atoms with Crippen LogP contribution in [0, 0.1) is 0 Å². The van der Waals surface area contributed by atoms with Gasteiger partial charge in [0.05, 0.1) is 12.2 Å². The molecule has 0 bridgehead atoms. The molecule has 0 aliphatic heterocycles.